The standard InChI is InChI=1S/C13H15NO2/c1-15-9-4-5-13-11(7-9)10-3-2-6-14-12(10)8-16-13/h3-5,7,12,14H,2,6,8H2,1H3/t12-/m1/s1. The summed E-state index contributed by atoms with van der Waals surface area (Å²) in [6, 6.07) is 6.32. The summed E-state index contributed by atoms with van der Waals surface area (Å²) in [5.41, 5.74) is 2.52. The third-order valence-electron chi connectivity index (χ3n) is 3.18. The Morgan fingerprint density at radius 3 is 3.25 bits per heavy atom. The average molecular weight is 217 g/mol. The SMILES string of the molecule is COc1ccc2c(c1)C1=CCCN[C@@H]1CO2. The maximum absolute atomic E-state index is 5.73. The van der Waals surface area contributed by atoms with E-state index in [1.54, 1.807) is 7.11 Å². The number of fused-ring (bicyclic) bond motifs is 3. The predicted molar refractivity (Wildman–Crippen MR) is 62.9 cm³/mol. The Kier molecular flexibility index (Phi) is 2.33. The zero-order chi connectivity index (χ0) is 11.0. The van der Waals surface area contributed by atoms with Gasteiger partial charge in [-0.25, -0.2) is 0 Å². The molecule has 3 nitrogen and oxygen atoms in total. The van der Waals surface area contributed by atoms with E-state index in [2.05, 4.69) is 17.5 Å². The van der Waals surface area contributed by atoms with Crippen LogP contribution in [0.5, 0.6) is 11.5 Å². The van der Waals surface area contributed by atoms with E-state index < -0.39 is 0 Å². The van der Waals surface area contributed by atoms with Crippen LogP contribution in [0.4, 0.5) is 0 Å². The highest BCUT2D eigenvalue weighted by Gasteiger charge is 2.26. The van der Waals surface area contributed by atoms with Crippen LogP contribution in [0.15, 0.2) is 24.3 Å². The highest BCUT2D eigenvalue weighted by atomic mass is 16.5. The van der Waals surface area contributed by atoms with Gasteiger partial charge in [0.2, 0.25) is 0 Å². The molecule has 0 bridgehead atoms. The lowest BCUT2D eigenvalue weighted by Gasteiger charge is -2.32. The Labute approximate surface area is 95.1 Å². The molecule has 0 amide bonds. The van der Waals surface area contributed by atoms with Gasteiger partial charge in [0, 0.05) is 5.56 Å². The highest BCUT2D eigenvalue weighted by Crippen LogP contribution is 2.36. The van der Waals surface area contributed by atoms with Crippen molar-refractivity contribution in [2.24, 2.45) is 0 Å². The van der Waals surface area contributed by atoms with Crippen molar-refractivity contribution in [2.75, 3.05) is 20.3 Å². The van der Waals surface area contributed by atoms with Gasteiger partial charge in [-0.1, -0.05) is 6.08 Å². The summed E-state index contributed by atoms with van der Waals surface area (Å²) in [5.74, 6) is 1.85. The van der Waals surface area contributed by atoms with Gasteiger partial charge in [0.25, 0.3) is 0 Å². The molecular formula is C13H15NO2. The quantitative estimate of drug-likeness (QED) is 0.778. The van der Waals surface area contributed by atoms with Crippen LogP contribution < -0.4 is 14.8 Å². The van der Waals surface area contributed by atoms with E-state index >= 15 is 0 Å². The minimum Gasteiger partial charge on any atom is -0.497 e. The first-order valence-electron chi connectivity index (χ1n) is 5.63. The third kappa shape index (κ3) is 1.48. The second-order valence-corrected chi connectivity index (χ2v) is 4.13. The average Bonchev–Trinajstić information content (AvgIpc) is 2.38. The van der Waals surface area contributed by atoms with Crippen molar-refractivity contribution in [3.8, 4) is 11.5 Å². The molecule has 0 spiro atoms. The Balaban J connectivity index is 2.08. The first-order chi connectivity index (χ1) is 7.88. The van der Waals surface area contributed by atoms with Gasteiger partial charge in [-0.05, 0) is 36.7 Å². The molecule has 1 atom stereocenters. The number of rotatable bonds is 1. The van der Waals surface area contributed by atoms with Gasteiger partial charge in [0.1, 0.15) is 18.1 Å². The molecule has 2 aliphatic heterocycles. The number of methoxy groups -OCH3 is 1. The molecule has 16 heavy (non-hydrogen) atoms. The van der Waals surface area contributed by atoms with Gasteiger partial charge in [-0.2, -0.15) is 0 Å². The molecule has 3 heteroatoms. The van der Waals surface area contributed by atoms with Crippen LogP contribution in [0.25, 0.3) is 5.57 Å². The summed E-state index contributed by atoms with van der Waals surface area (Å²) in [5, 5.41) is 3.47. The molecule has 2 heterocycles. The number of benzene rings is 1. The van der Waals surface area contributed by atoms with Crippen molar-refractivity contribution in [1.82, 2.24) is 5.32 Å². The Morgan fingerprint density at radius 1 is 1.44 bits per heavy atom. The fourth-order valence-corrected chi connectivity index (χ4v) is 2.34. The Hall–Kier alpha value is -1.48. The first-order valence-corrected chi connectivity index (χ1v) is 5.63. The summed E-state index contributed by atoms with van der Waals surface area (Å²) < 4.78 is 11.0. The van der Waals surface area contributed by atoms with Gasteiger partial charge in [-0.15, -0.1) is 0 Å². The van der Waals surface area contributed by atoms with Crippen molar-refractivity contribution in [3.63, 3.8) is 0 Å². The van der Waals surface area contributed by atoms with E-state index in [9.17, 15) is 0 Å². The molecule has 1 aromatic rings. The molecule has 0 saturated carbocycles. The molecule has 0 aromatic heterocycles. The van der Waals surface area contributed by atoms with Crippen molar-refractivity contribution in [1.29, 1.82) is 0 Å². The molecule has 0 fully saturated rings. The molecule has 0 unspecified atom stereocenters. The highest BCUT2D eigenvalue weighted by molar-refractivity contribution is 5.77. The van der Waals surface area contributed by atoms with Gasteiger partial charge in [-0.3, -0.25) is 0 Å². The van der Waals surface area contributed by atoms with E-state index in [0.29, 0.717) is 6.04 Å². The minimum atomic E-state index is 0.341. The molecule has 1 N–H and O–H groups in total. The molecule has 0 radical (unpaired) electrons. The van der Waals surface area contributed by atoms with Crippen LogP contribution in [0.2, 0.25) is 0 Å². The van der Waals surface area contributed by atoms with Crippen molar-refractivity contribution in [3.05, 3.63) is 29.8 Å². The number of hydrogen-bond acceptors (Lipinski definition) is 3. The third-order valence-corrected chi connectivity index (χ3v) is 3.18. The molecule has 0 aliphatic carbocycles. The van der Waals surface area contributed by atoms with E-state index in [-0.39, 0.29) is 0 Å². The van der Waals surface area contributed by atoms with E-state index in [1.165, 1.54) is 11.1 Å². The van der Waals surface area contributed by atoms with Gasteiger partial charge < -0.3 is 14.8 Å². The summed E-state index contributed by atoms with van der Waals surface area (Å²) >= 11 is 0. The molecule has 84 valence electrons. The maximum atomic E-state index is 5.73. The lowest BCUT2D eigenvalue weighted by atomic mass is 9.92. The van der Waals surface area contributed by atoms with Crippen LogP contribution in [-0.2, 0) is 0 Å². The predicted octanol–water partition coefficient (Wildman–Crippen LogP) is 1.83. The first kappa shape index (κ1) is 9.73. The maximum Gasteiger partial charge on any atom is 0.127 e. The van der Waals surface area contributed by atoms with Gasteiger partial charge >= 0.3 is 0 Å². The monoisotopic (exact) mass is 217 g/mol. The number of hydrogen-bond donors (Lipinski definition) is 1. The Bertz CT molecular complexity index is 440. The fraction of sp³-hybridized carbons (Fsp3) is 0.385. The van der Waals surface area contributed by atoms with Crippen LogP contribution in [0.1, 0.15) is 12.0 Å². The number of nitrogens with one attached hydrogen (secondary N) is 1. The summed E-state index contributed by atoms with van der Waals surface area (Å²) in [4.78, 5) is 0. The van der Waals surface area contributed by atoms with Crippen molar-refractivity contribution < 1.29 is 9.47 Å². The molecule has 0 saturated heterocycles. The zero-order valence-corrected chi connectivity index (χ0v) is 9.32. The smallest absolute Gasteiger partial charge is 0.127 e. The fourth-order valence-electron chi connectivity index (χ4n) is 2.34. The molecule has 3 rings (SSSR count). The molecule has 1 aromatic carbocycles. The lowest BCUT2D eigenvalue weighted by molar-refractivity contribution is 0.275. The van der Waals surface area contributed by atoms with Gasteiger partial charge in [0.05, 0.1) is 13.2 Å². The second kappa shape index (κ2) is 3.83. The van der Waals surface area contributed by atoms with E-state index in [4.69, 9.17) is 9.47 Å². The molecular weight excluding hydrogens is 202 g/mol. The minimum absolute atomic E-state index is 0.341. The van der Waals surface area contributed by atoms with Crippen LogP contribution in [0, 0.1) is 0 Å². The summed E-state index contributed by atoms with van der Waals surface area (Å²) in [6.07, 6.45) is 3.39. The Morgan fingerprint density at radius 2 is 2.38 bits per heavy atom. The second-order valence-electron chi connectivity index (χ2n) is 4.13. The van der Waals surface area contributed by atoms with E-state index in [0.717, 1.165) is 31.1 Å². The van der Waals surface area contributed by atoms with Gasteiger partial charge in [0.15, 0.2) is 0 Å². The van der Waals surface area contributed by atoms with Crippen molar-refractivity contribution in [2.45, 2.75) is 12.5 Å². The topological polar surface area (TPSA) is 30.5 Å². The normalized spacial score (nSPS) is 22.6. The zero-order valence-electron chi connectivity index (χ0n) is 9.32. The van der Waals surface area contributed by atoms with Crippen LogP contribution in [-0.4, -0.2) is 26.3 Å². The van der Waals surface area contributed by atoms with Crippen molar-refractivity contribution >= 4 is 5.57 Å². The lowest BCUT2D eigenvalue weighted by Crippen LogP contribution is -2.41. The largest absolute Gasteiger partial charge is 0.497 e. The van der Waals surface area contributed by atoms with Crippen LogP contribution >= 0.6 is 0 Å². The summed E-state index contributed by atoms with van der Waals surface area (Å²) in [6.45, 7) is 1.77. The van der Waals surface area contributed by atoms with E-state index in [1.807, 2.05) is 12.1 Å². The molecule has 2 aliphatic rings. The summed E-state index contributed by atoms with van der Waals surface area (Å²) in [7, 11) is 1.69. The van der Waals surface area contributed by atoms with Crippen LogP contribution in [0.3, 0.4) is 0 Å². The number of ether oxygens (including phenoxy) is 2.